The van der Waals surface area contributed by atoms with Gasteiger partial charge < -0.3 is 10.6 Å². The summed E-state index contributed by atoms with van der Waals surface area (Å²) in [6.45, 7) is 8.01. The first kappa shape index (κ1) is 19.7. The van der Waals surface area contributed by atoms with Gasteiger partial charge in [-0.1, -0.05) is 48.2 Å². The van der Waals surface area contributed by atoms with Crippen LogP contribution in [0.4, 0.5) is 0 Å². The molecular weight excluding hydrogens is 350 g/mol. The third-order valence-electron chi connectivity index (χ3n) is 3.29. The highest BCUT2D eigenvalue weighted by Gasteiger charge is 2.15. The highest BCUT2D eigenvalue weighted by Crippen LogP contribution is 2.23. The molecule has 138 valence electrons. The smallest absolute Gasteiger partial charge is 0.239 e. The number of thioether (sulfide) groups is 1. The summed E-state index contributed by atoms with van der Waals surface area (Å²) in [6, 6.07) is 9.77. The van der Waals surface area contributed by atoms with Gasteiger partial charge in [0.1, 0.15) is 0 Å². The molecule has 0 aliphatic rings. The number of carbonyl (C=O) groups is 2. The molecule has 2 amide bonds. The molecule has 0 spiro atoms. The number of hydrogen-bond acceptors (Lipinski definition) is 5. The van der Waals surface area contributed by atoms with Crippen molar-refractivity contribution in [1.29, 1.82) is 0 Å². The van der Waals surface area contributed by atoms with E-state index in [2.05, 4.69) is 27.4 Å². The van der Waals surface area contributed by atoms with Crippen molar-refractivity contribution in [1.82, 2.24) is 25.4 Å². The van der Waals surface area contributed by atoms with E-state index in [0.29, 0.717) is 11.7 Å². The fourth-order valence-electron chi connectivity index (χ4n) is 2.22. The van der Waals surface area contributed by atoms with E-state index in [9.17, 15) is 9.59 Å². The van der Waals surface area contributed by atoms with E-state index in [-0.39, 0.29) is 30.2 Å². The Kier molecular flexibility index (Phi) is 7.40. The van der Waals surface area contributed by atoms with Crippen LogP contribution >= 0.6 is 11.8 Å². The lowest BCUT2D eigenvalue weighted by atomic mass is 10.2. The van der Waals surface area contributed by atoms with Crippen LogP contribution in [0.15, 0.2) is 48.1 Å². The molecule has 0 saturated carbocycles. The van der Waals surface area contributed by atoms with Crippen molar-refractivity contribution in [2.24, 2.45) is 0 Å². The van der Waals surface area contributed by atoms with Crippen LogP contribution in [0.5, 0.6) is 0 Å². The van der Waals surface area contributed by atoms with Crippen molar-refractivity contribution in [2.75, 3.05) is 12.3 Å². The van der Waals surface area contributed by atoms with Gasteiger partial charge in [-0.25, -0.2) is 0 Å². The topological polar surface area (TPSA) is 88.9 Å². The van der Waals surface area contributed by atoms with Crippen LogP contribution in [-0.4, -0.2) is 44.9 Å². The van der Waals surface area contributed by atoms with Crippen LogP contribution in [-0.2, 0) is 16.1 Å². The third-order valence-corrected chi connectivity index (χ3v) is 4.26. The molecule has 8 heteroatoms. The molecule has 0 unspecified atom stereocenters. The minimum absolute atomic E-state index is 0.0355. The number of benzene rings is 1. The van der Waals surface area contributed by atoms with Gasteiger partial charge in [0, 0.05) is 18.2 Å². The Morgan fingerprint density at radius 1 is 1.23 bits per heavy atom. The summed E-state index contributed by atoms with van der Waals surface area (Å²) in [4.78, 5) is 23.5. The first-order chi connectivity index (χ1) is 12.5. The lowest BCUT2D eigenvalue weighted by Gasteiger charge is -2.09. The van der Waals surface area contributed by atoms with E-state index in [0.717, 1.165) is 11.4 Å². The van der Waals surface area contributed by atoms with Crippen molar-refractivity contribution in [3.8, 4) is 11.4 Å². The summed E-state index contributed by atoms with van der Waals surface area (Å²) in [7, 11) is 0. The highest BCUT2D eigenvalue weighted by molar-refractivity contribution is 7.99. The van der Waals surface area contributed by atoms with Crippen molar-refractivity contribution >= 4 is 23.6 Å². The lowest BCUT2D eigenvalue weighted by molar-refractivity contribution is -0.125. The molecule has 0 bridgehead atoms. The number of aromatic nitrogens is 3. The standard InChI is InChI=1S/C18H23N5O2S/c1-4-10-23-17(14-8-6-5-7-9-14)21-22-18(23)26-12-16(25)19-11-15(24)20-13(2)3/h4-9,13H,1,10-12H2,2-3H3,(H,19,25)(H,20,24). The number of nitrogens with one attached hydrogen (secondary N) is 2. The van der Waals surface area contributed by atoms with E-state index < -0.39 is 0 Å². The molecule has 0 aliphatic heterocycles. The number of hydrogen-bond donors (Lipinski definition) is 2. The molecule has 0 aliphatic carbocycles. The van der Waals surface area contributed by atoms with Crippen LogP contribution in [0, 0.1) is 0 Å². The minimum atomic E-state index is -0.233. The Labute approximate surface area is 157 Å². The molecule has 0 radical (unpaired) electrons. The fraction of sp³-hybridized carbons (Fsp3) is 0.333. The van der Waals surface area contributed by atoms with Crippen LogP contribution < -0.4 is 10.6 Å². The summed E-state index contributed by atoms with van der Waals surface area (Å²) < 4.78 is 1.91. The molecule has 2 rings (SSSR count). The third kappa shape index (κ3) is 5.73. The molecule has 2 N–H and O–H groups in total. The maximum atomic E-state index is 12.0. The van der Waals surface area contributed by atoms with Gasteiger partial charge in [0.05, 0.1) is 12.3 Å². The minimum Gasteiger partial charge on any atom is -0.352 e. The molecular formula is C18H23N5O2S. The second kappa shape index (κ2) is 9.76. The second-order valence-corrected chi connectivity index (χ2v) is 6.80. The van der Waals surface area contributed by atoms with Gasteiger partial charge in [-0.15, -0.1) is 16.8 Å². The average Bonchev–Trinajstić information content (AvgIpc) is 3.01. The summed E-state index contributed by atoms with van der Waals surface area (Å²) >= 11 is 1.27. The largest absolute Gasteiger partial charge is 0.352 e. The molecule has 1 heterocycles. The predicted molar refractivity (Wildman–Crippen MR) is 103 cm³/mol. The molecule has 0 atom stereocenters. The Hall–Kier alpha value is -2.61. The predicted octanol–water partition coefficient (Wildman–Crippen LogP) is 1.86. The summed E-state index contributed by atoms with van der Waals surface area (Å²) in [5, 5.41) is 14.4. The zero-order valence-corrected chi connectivity index (χ0v) is 15.8. The highest BCUT2D eigenvalue weighted by atomic mass is 32.2. The second-order valence-electron chi connectivity index (χ2n) is 5.86. The van der Waals surface area contributed by atoms with Crippen LogP contribution in [0.1, 0.15) is 13.8 Å². The molecule has 2 aromatic rings. The molecule has 0 fully saturated rings. The van der Waals surface area contributed by atoms with Crippen molar-refractivity contribution in [3.05, 3.63) is 43.0 Å². The Morgan fingerprint density at radius 3 is 2.62 bits per heavy atom. The summed E-state index contributed by atoms with van der Waals surface area (Å²) in [6.07, 6.45) is 1.76. The molecule has 1 aromatic carbocycles. The van der Waals surface area contributed by atoms with Gasteiger partial charge in [-0.2, -0.15) is 0 Å². The number of allylic oxidation sites excluding steroid dienone is 1. The monoisotopic (exact) mass is 373 g/mol. The Balaban J connectivity index is 1.97. The van der Waals surface area contributed by atoms with E-state index in [1.807, 2.05) is 48.7 Å². The Bertz CT molecular complexity index is 758. The van der Waals surface area contributed by atoms with Gasteiger partial charge in [0.25, 0.3) is 0 Å². The maximum Gasteiger partial charge on any atom is 0.239 e. The van der Waals surface area contributed by atoms with E-state index in [1.165, 1.54) is 11.8 Å². The number of nitrogens with zero attached hydrogens (tertiary/aromatic N) is 3. The number of amides is 2. The van der Waals surface area contributed by atoms with Crippen molar-refractivity contribution in [3.63, 3.8) is 0 Å². The molecule has 1 aromatic heterocycles. The van der Waals surface area contributed by atoms with E-state index >= 15 is 0 Å². The van der Waals surface area contributed by atoms with Gasteiger partial charge in [-0.05, 0) is 13.8 Å². The molecule has 26 heavy (non-hydrogen) atoms. The zero-order valence-electron chi connectivity index (χ0n) is 14.9. The van der Waals surface area contributed by atoms with Gasteiger partial charge >= 0.3 is 0 Å². The quantitative estimate of drug-likeness (QED) is 0.517. The van der Waals surface area contributed by atoms with Crippen molar-refractivity contribution in [2.45, 2.75) is 31.6 Å². The lowest BCUT2D eigenvalue weighted by Crippen LogP contribution is -2.40. The zero-order chi connectivity index (χ0) is 18.9. The summed E-state index contributed by atoms with van der Waals surface area (Å²) in [5.74, 6) is 0.437. The van der Waals surface area contributed by atoms with E-state index in [1.54, 1.807) is 6.08 Å². The fourth-order valence-corrected chi connectivity index (χ4v) is 3.00. The summed E-state index contributed by atoms with van der Waals surface area (Å²) in [5.41, 5.74) is 0.948. The first-order valence-electron chi connectivity index (χ1n) is 8.29. The van der Waals surface area contributed by atoms with Gasteiger partial charge in [0.15, 0.2) is 11.0 Å². The van der Waals surface area contributed by atoms with Crippen molar-refractivity contribution < 1.29 is 9.59 Å². The first-order valence-corrected chi connectivity index (χ1v) is 9.28. The number of rotatable bonds is 9. The van der Waals surface area contributed by atoms with Crippen LogP contribution in [0.3, 0.4) is 0 Å². The average molecular weight is 373 g/mol. The van der Waals surface area contributed by atoms with E-state index in [4.69, 9.17) is 0 Å². The van der Waals surface area contributed by atoms with Gasteiger partial charge in [-0.3, -0.25) is 14.2 Å². The Morgan fingerprint density at radius 2 is 1.96 bits per heavy atom. The number of carbonyl (C=O) groups excluding carboxylic acids is 2. The van der Waals surface area contributed by atoms with Crippen LogP contribution in [0.2, 0.25) is 0 Å². The molecule has 7 nitrogen and oxygen atoms in total. The SMILES string of the molecule is C=CCn1c(SCC(=O)NCC(=O)NC(C)C)nnc1-c1ccccc1. The maximum absolute atomic E-state index is 12.0. The van der Waals surface area contributed by atoms with Crippen LogP contribution in [0.25, 0.3) is 11.4 Å². The van der Waals surface area contributed by atoms with Gasteiger partial charge in [0.2, 0.25) is 11.8 Å². The molecule has 0 saturated heterocycles. The normalized spacial score (nSPS) is 10.6.